The van der Waals surface area contributed by atoms with Crippen molar-refractivity contribution in [3.8, 4) is 0 Å². The summed E-state index contributed by atoms with van der Waals surface area (Å²) in [4.78, 5) is 2.43. The molecule has 1 aromatic carbocycles. The topological polar surface area (TPSA) is 29.3 Å². The molecule has 1 fully saturated rings. The van der Waals surface area contributed by atoms with Gasteiger partial charge in [0.05, 0.1) is 0 Å². The van der Waals surface area contributed by atoms with E-state index in [-0.39, 0.29) is 0 Å². The van der Waals surface area contributed by atoms with Gasteiger partial charge in [0, 0.05) is 28.8 Å². The molecule has 2 atom stereocenters. The molecular weight excluding hydrogens is 252 g/mol. The zero-order chi connectivity index (χ0) is 10.8. The highest BCUT2D eigenvalue weighted by molar-refractivity contribution is 9.10. The van der Waals surface area contributed by atoms with E-state index >= 15 is 0 Å². The van der Waals surface area contributed by atoms with Gasteiger partial charge >= 0.3 is 0 Å². The molecule has 0 radical (unpaired) electrons. The third kappa shape index (κ3) is 2.18. The van der Waals surface area contributed by atoms with Gasteiger partial charge in [-0.15, -0.1) is 0 Å². The number of halogens is 1. The molecule has 1 aliphatic heterocycles. The lowest BCUT2D eigenvalue weighted by Crippen LogP contribution is -2.38. The van der Waals surface area contributed by atoms with Crippen LogP contribution in [-0.2, 0) is 0 Å². The van der Waals surface area contributed by atoms with E-state index in [9.17, 15) is 0 Å². The molecule has 1 saturated heterocycles. The Labute approximate surface area is 99.6 Å². The molecule has 0 spiro atoms. The van der Waals surface area contributed by atoms with Crippen LogP contribution in [0, 0.1) is 0 Å². The summed E-state index contributed by atoms with van der Waals surface area (Å²) in [5.41, 5.74) is 7.39. The fraction of sp³-hybridized carbons (Fsp3) is 0.500. The molecule has 15 heavy (non-hydrogen) atoms. The molecule has 0 aliphatic carbocycles. The van der Waals surface area contributed by atoms with E-state index in [4.69, 9.17) is 5.73 Å². The van der Waals surface area contributed by atoms with E-state index in [0.717, 1.165) is 23.9 Å². The summed E-state index contributed by atoms with van der Waals surface area (Å²) >= 11 is 3.45. The van der Waals surface area contributed by atoms with Crippen molar-refractivity contribution < 1.29 is 0 Å². The molecule has 2 unspecified atom stereocenters. The molecule has 1 aromatic rings. The molecule has 0 saturated carbocycles. The minimum atomic E-state index is 0.332. The van der Waals surface area contributed by atoms with Crippen LogP contribution in [0.2, 0.25) is 0 Å². The smallest absolute Gasteiger partial charge is 0.0439 e. The first kappa shape index (κ1) is 11.0. The van der Waals surface area contributed by atoms with Crippen LogP contribution in [0.1, 0.15) is 19.8 Å². The summed E-state index contributed by atoms with van der Waals surface area (Å²) in [6.45, 7) is 3.29. The van der Waals surface area contributed by atoms with Crippen LogP contribution >= 0.6 is 15.9 Å². The standard InChI is InChI=1S/C12H17BrN2/c1-2-12-11(14)7-8-15(12)10-5-3-9(13)4-6-10/h3-6,11-12H,2,7-8,14H2,1H3. The Hall–Kier alpha value is -0.540. The largest absolute Gasteiger partial charge is 0.367 e. The number of rotatable bonds is 2. The normalized spacial score (nSPS) is 25.9. The van der Waals surface area contributed by atoms with Gasteiger partial charge in [-0.25, -0.2) is 0 Å². The van der Waals surface area contributed by atoms with Crippen molar-refractivity contribution in [2.75, 3.05) is 11.4 Å². The van der Waals surface area contributed by atoms with Gasteiger partial charge in [-0.05, 0) is 37.1 Å². The molecule has 1 aliphatic rings. The van der Waals surface area contributed by atoms with E-state index in [2.05, 4.69) is 52.0 Å². The van der Waals surface area contributed by atoms with Crippen molar-refractivity contribution in [1.29, 1.82) is 0 Å². The van der Waals surface area contributed by atoms with Gasteiger partial charge in [0.25, 0.3) is 0 Å². The van der Waals surface area contributed by atoms with Crippen molar-refractivity contribution in [2.24, 2.45) is 5.73 Å². The van der Waals surface area contributed by atoms with Crippen LogP contribution in [0.4, 0.5) is 5.69 Å². The maximum atomic E-state index is 6.10. The van der Waals surface area contributed by atoms with Gasteiger partial charge in [0.15, 0.2) is 0 Å². The van der Waals surface area contributed by atoms with Gasteiger partial charge in [0.2, 0.25) is 0 Å². The summed E-state index contributed by atoms with van der Waals surface area (Å²) in [6, 6.07) is 9.33. The molecular formula is C12H17BrN2. The second kappa shape index (κ2) is 4.54. The lowest BCUT2D eigenvalue weighted by molar-refractivity contribution is 0.565. The summed E-state index contributed by atoms with van der Waals surface area (Å²) < 4.78 is 1.13. The Bertz CT molecular complexity index is 323. The van der Waals surface area contributed by atoms with Gasteiger partial charge in [-0.3, -0.25) is 0 Å². The minimum absolute atomic E-state index is 0.332. The second-order valence-electron chi connectivity index (χ2n) is 4.10. The molecule has 82 valence electrons. The SMILES string of the molecule is CCC1C(N)CCN1c1ccc(Br)cc1. The molecule has 0 bridgehead atoms. The van der Waals surface area contributed by atoms with E-state index in [1.807, 2.05) is 0 Å². The Morgan fingerprint density at radius 3 is 2.67 bits per heavy atom. The lowest BCUT2D eigenvalue weighted by Gasteiger charge is -2.27. The highest BCUT2D eigenvalue weighted by Crippen LogP contribution is 2.27. The molecule has 0 aromatic heterocycles. The van der Waals surface area contributed by atoms with Gasteiger partial charge in [-0.2, -0.15) is 0 Å². The van der Waals surface area contributed by atoms with Crippen LogP contribution in [0.15, 0.2) is 28.7 Å². The number of hydrogen-bond acceptors (Lipinski definition) is 2. The summed E-state index contributed by atoms with van der Waals surface area (Å²) in [5, 5.41) is 0. The molecule has 2 rings (SSSR count). The predicted molar refractivity (Wildman–Crippen MR) is 68.2 cm³/mol. The van der Waals surface area contributed by atoms with Crippen molar-refractivity contribution >= 4 is 21.6 Å². The summed E-state index contributed by atoms with van der Waals surface area (Å²) in [5.74, 6) is 0. The Morgan fingerprint density at radius 1 is 1.40 bits per heavy atom. The Balaban J connectivity index is 2.20. The molecule has 2 N–H and O–H groups in total. The van der Waals surface area contributed by atoms with E-state index in [1.54, 1.807) is 0 Å². The van der Waals surface area contributed by atoms with Crippen LogP contribution in [0.3, 0.4) is 0 Å². The van der Waals surface area contributed by atoms with Gasteiger partial charge in [0.1, 0.15) is 0 Å². The fourth-order valence-corrected chi connectivity index (χ4v) is 2.62. The number of nitrogens with two attached hydrogens (primary N) is 1. The first-order valence-electron chi connectivity index (χ1n) is 5.50. The highest BCUT2D eigenvalue weighted by Gasteiger charge is 2.29. The molecule has 3 heteroatoms. The monoisotopic (exact) mass is 268 g/mol. The summed E-state index contributed by atoms with van der Waals surface area (Å²) in [6.07, 6.45) is 2.23. The second-order valence-corrected chi connectivity index (χ2v) is 5.01. The highest BCUT2D eigenvalue weighted by atomic mass is 79.9. The van der Waals surface area contributed by atoms with Gasteiger partial charge < -0.3 is 10.6 Å². The zero-order valence-electron chi connectivity index (χ0n) is 8.99. The Kier molecular flexibility index (Phi) is 3.32. The molecule has 2 nitrogen and oxygen atoms in total. The van der Waals surface area contributed by atoms with Crippen LogP contribution in [0.5, 0.6) is 0 Å². The molecule has 1 heterocycles. The first-order valence-corrected chi connectivity index (χ1v) is 6.29. The quantitative estimate of drug-likeness (QED) is 0.894. The third-order valence-corrected chi connectivity index (χ3v) is 3.70. The van der Waals surface area contributed by atoms with Crippen molar-refractivity contribution in [2.45, 2.75) is 31.8 Å². The van der Waals surface area contributed by atoms with Crippen LogP contribution in [0.25, 0.3) is 0 Å². The number of benzene rings is 1. The number of anilines is 1. The third-order valence-electron chi connectivity index (χ3n) is 3.17. The predicted octanol–water partition coefficient (Wildman–Crippen LogP) is 2.77. The van der Waals surface area contributed by atoms with E-state index in [1.165, 1.54) is 5.69 Å². The van der Waals surface area contributed by atoms with Gasteiger partial charge in [-0.1, -0.05) is 22.9 Å². The average Bonchev–Trinajstić information content (AvgIpc) is 2.61. The maximum Gasteiger partial charge on any atom is 0.0439 e. The van der Waals surface area contributed by atoms with Crippen molar-refractivity contribution in [3.05, 3.63) is 28.7 Å². The average molecular weight is 269 g/mol. The van der Waals surface area contributed by atoms with E-state index < -0.39 is 0 Å². The molecule has 0 amide bonds. The number of nitrogens with zero attached hydrogens (tertiary/aromatic N) is 1. The zero-order valence-corrected chi connectivity index (χ0v) is 10.6. The van der Waals surface area contributed by atoms with Crippen LogP contribution in [-0.4, -0.2) is 18.6 Å². The van der Waals surface area contributed by atoms with Crippen LogP contribution < -0.4 is 10.6 Å². The number of hydrogen-bond donors (Lipinski definition) is 1. The summed E-state index contributed by atoms with van der Waals surface area (Å²) in [7, 11) is 0. The minimum Gasteiger partial charge on any atom is -0.367 e. The van der Waals surface area contributed by atoms with Crippen molar-refractivity contribution in [1.82, 2.24) is 0 Å². The van der Waals surface area contributed by atoms with Crippen molar-refractivity contribution in [3.63, 3.8) is 0 Å². The van der Waals surface area contributed by atoms with E-state index in [0.29, 0.717) is 12.1 Å². The fourth-order valence-electron chi connectivity index (χ4n) is 2.35. The Morgan fingerprint density at radius 2 is 2.07 bits per heavy atom. The maximum absolute atomic E-state index is 6.10. The first-order chi connectivity index (χ1) is 7.22. The lowest BCUT2D eigenvalue weighted by atomic mass is 10.1.